The molecule has 0 aromatic heterocycles. The van der Waals surface area contributed by atoms with E-state index in [1.165, 1.54) is 5.56 Å². The zero-order chi connectivity index (χ0) is 21.9. The topological polar surface area (TPSA) is 84.0 Å². The third kappa shape index (κ3) is 8.22. The van der Waals surface area contributed by atoms with Crippen LogP contribution in [0.3, 0.4) is 0 Å². The second-order valence-corrected chi connectivity index (χ2v) is 8.66. The molecule has 1 heterocycles. The number of guanidine groups is 1. The number of benzene rings is 1. The SMILES string of the molecule is CCNC(=NCC1(c2ccccc2)CCOCC1)NCCCNC(=O)OC(C)(C)C. The molecular formula is C23H38N4O3. The lowest BCUT2D eigenvalue weighted by molar-refractivity contribution is 0.0524. The van der Waals surface area contributed by atoms with E-state index in [-0.39, 0.29) is 11.5 Å². The van der Waals surface area contributed by atoms with Crippen LogP contribution in [-0.2, 0) is 14.9 Å². The Bertz CT molecular complexity index is 665. The molecule has 3 N–H and O–H groups in total. The number of rotatable bonds is 8. The average Bonchev–Trinajstić information content (AvgIpc) is 2.72. The molecule has 0 spiro atoms. The highest BCUT2D eigenvalue weighted by Gasteiger charge is 2.34. The molecule has 0 saturated carbocycles. The Morgan fingerprint density at radius 1 is 1.10 bits per heavy atom. The van der Waals surface area contributed by atoms with E-state index in [4.69, 9.17) is 14.5 Å². The summed E-state index contributed by atoms with van der Waals surface area (Å²) >= 11 is 0. The number of carbonyl (C=O) groups is 1. The van der Waals surface area contributed by atoms with Crippen molar-refractivity contribution in [1.29, 1.82) is 0 Å². The fourth-order valence-corrected chi connectivity index (χ4v) is 3.46. The maximum absolute atomic E-state index is 11.7. The fraction of sp³-hybridized carbons (Fsp3) is 0.652. The molecule has 168 valence electrons. The lowest BCUT2D eigenvalue weighted by Gasteiger charge is -2.36. The first-order chi connectivity index (χ1) is 14.3. The van der Waals surface area contributed by atoms with E-state index in [2.05, 4.69) is 53.2 Å². The summed E-state index contributed by atoms with van der Waals surface area (Å²) in [5, 5.41) is 9.46. The van der Waals surface area contributed by atoms with Gasteiger partial charge in [-0.15, -0.1) is 0 Å². The Labute approximate surface area is 181 Å². The summed E-state index contributed by atoms with van der Waals surface area (Å²) in [4.78, 5) is 16.6. The van der Waals surface area contributed by atoms with Crippen LogP contribution in [-0.4, -0.2) is 57.0 Å². The standard InChI is InChI=1S/C23H38N4O3/c1-5-24-20(25-14-9-15-26-21(28)30-22(2,3)4)27-18-23(12-16-29-17-13-23)19-10-7-6-8-11-19/h6-8,10-11H,5,9,12-18H2,1-4H3,(H,26,28)(H2,24,25,27). The van der Waals surface area contributed by atoms with E-state index in [9.17, 15) is 4.79 Å². The minimum absolute atomic E-state index is 0.0140. The van der Waals surface area contributed by atoms with Gasteiger partial charge in [-0.1, -0.05) is 30.3 Å². The van der Waals surface area contributed by atoms with Crippen molar-refractivity contribution in [3.63, 3.8) is 0 Å². The summed E-state index contributed by atoms with van der Waals surface area (Å²) < 4.78 is 10.9. The molecule has 1 aromatic rings. The first-order valence-electron chi connectivity index (χ1n) is 11.0. The third-order valence-corrected chi connectivity index (χ3v) is 5.03. The van der Waals surface area contributed by atoms with Crippen molar-refractivity contribution in [1.82, 2.24) is 16.0 Å². The van der Waals surface area contributed by atoms with Crippen LogP contribution in [0.4, 0.5) is 4.79 Å². The second-order valence-electron chi connectivity index (χ2n) is 8.66. The molecular weight excluding hydrogens is 380 g/mol. The van der Waals surface area contributed by atoms with Crippen LogP contribution in [0.1, 0.15) is 52.5 Å². The molecule has 2 rings (SSSR count). The zero-order valence-corrected chi connectivity index (χ0v) is 18.9. The van der Waals surface area contributed by atoms with Crippen LogP contribution in [0.25, 0.3) is 0 Å². The van der Waals surface area contributed by atoms with Crippen molar-refractivity contribution < 1.29 is 14.3 Å². The predicted octanol–water partition coefficient (Wildman–Crippen LogP) is 3.20. The Morgan fingerprint density at radius 3 is 2.40 bits per heavy atom. The molecule has 7 heteroatoms. The predicted molar refractivity (Wildman–Crippen MR) is 121 cm³/mol. The number of hydrogen-bond donors (Lipinski definition) is 3. The molecule has 1 fully saturated rings. The van der Waals surface area contributed by atoms with Gasteiger partial charge in [0.25, 0.3) is 0 Å². The molecule has 30 heavy (non-hydrogen) atoms. The van der Waals surface area contributed by atoms with Gasteiger partial charge in [0, 0.05) is 38.3 Å². The molecule has 1 amide bonds. The van der Waals surface area contributed by atoms with Crippen molar-refractivity contribution in [2.24, 2.45) is 4.99 Å². The van der Waals surface area contributed by atoms with Gasteiger partial charge in [0.05, 0.1) is 6.54 Å². The van der Waals surface area contributed by atoms with Gasteiger partial charge in [-0.25, -0.2) is 4.79 Å². The molecule has 1 aliphatic rings. The number of ether oxygens (including phenoxy) is 2. The first-order valence-corrected chi connectivity index (χ1v) is 11.0. The number of nitrogens with one attached hydrogen (secondary N) is 3. The zero-order valence-electron chi connectivity index (χ0n) is 18.9. The van der Waals surface area contributed by atoms with E-state index in [1.807, 2.05) is 20.8 Å². The summed E-state index contributed by atoms with van der Waals surface area (Å²) in [6, 6.07) is 10.6. The van der Waals surface area contributed by atoms with Crippen molar-refractivity contribution in [2.45, 2.75) is 58.0 Å². The summed E-state index contributed by atoms with van der Waals surface area (Å²) in [5.74, 6) is 0.802. The van der Waals surface area contributed by atoms with Crippen LogP contribution in [0, 0.1) is 0 Å². The van der Waals surface area contributed by atoms with Gasteiger partial charge >= 0.3 is 6.09 Å². The van der Waals surface area contributed by atoms with Crippen molar-refractivity contribution in [3.8, 4) is 0 Å². The molecule has 0 aliphatic carbocycles. The number of aliphatic imine (C=N–C) groups is 1. The molecule has 0 atom stereocenters. The van der Waals surface area contributed by atoms with Crippen LogP contribution in [0.15, 0.2) is 35.3 Å². The summed E-state index contributed by atoms with van der Waals surface area (Å²) in [5.41, 5.74) is 0.862. The number of hydrogen-bond acceptors (Lipinski definition) is 4. The number of alkyl carbamates (subject to hydrolysis) is 1. The van der Waals surface area contributed by atoms with E-state index in [0.29, 0.717) is 19.6 Å². The van der Waals surface area contributed by atoms with E-state index < -0.39 is 5.60 Å². The lowest BCUT2D eigenvalue weighted by atomic mass is 9.74. The molecule has 1 aliphatic heterocycles. The van der Waals surface area contributed by atoms with Gasteiger partial charge in [-0.05, 0) is 52.5 Å². The molecule has 1 saturated heterocycles. The van der Waals surface area contributed by atoms with E-state index in [0.717, 1.165) is 45.0 Å². The Morgan fingerprint density at radius 2 is 1.77 bits per heavy atom. The van der Waals surface area contributed by atoms with E-state index in [1.54, 1.807) is 0 Å². The first kappa shape index (κ1) is 24.0. The fourth-order valence-electron chi connectivity index (χ4n) is 3.46. The van der Waals surface area contributed by atoms with Crippen LogP contribution < -0.4 is 16.0 Å². The second kappa shape index (κ2) is 11.8. The number of nitrogens with zero attached hydrogens (tertiary/aromatic N) is 1. The number of amides is 1. The summed E-state index contributed by atoms with van der Waals surface area (Å²) in [6.45, 7) is 11.9. The van der Waals surface area contributed by atoms with Gasteiger partial charge in [0.15, 0.2) is 5.96 Å². The quantitative estimate of drug-likeness (QED) is 0.343. The van der Waals surface area contributed by atoms with Gasteiger partial charge in [0.2, 0.25) is 0 Å². The average molecular weight is 419 g/mol. The molecule has 0 bridgehead atoms. The minimum Gasteiger partial charge on any atom is -0.444 e. The molecule has 0 unspecified atom stereocenters. The highest BCUT2D eigenvalue weighted by molar-refractivity contribution is 5.79. The highest BCUT2D eigenvalue weighted by Crippen LogP contribution is 2.35. The Kier molecular flexibility index (Phi) is 9.43. The van der Waals surface area contributed by atoms with Crippen molar-refractivity contribution >= 4 is 12.1 Å². The van der Waals surface area contributed by atoms with Gasteiger partial charge in [-0.3, -0.25) is 4.99 Å². The Balaban J connectivity index is 1.87. The maximum atomic E-state index is 11.7. The summed E-state index contributed by atoms with van der Waals surface area (Å²) in [6.07, 6.45) is 2.34. The van der Waals surface area contributed by atoms with Gasteiger partial charge < -0.3 is 25.4 Å². The lowest BCUT2D eigenvalue weighted by Crippen LogP contribution is -2.42. The van der Waals surface area contributed by atoms with Crippen LogP contribution >= 0.6 is 0 Å². The Hall–Kier alpha value is -2.28. The van der Waals surface area contributed by atoms with Crippen LogP contribution in [0.2, 0.25) is 0 Å². The van der Waals surface area contributed by atoms with Gasteiger partial charge in [0.1, 0.15) is 5.60 Å². The van der Waals surface area contributed by atoms with Crippen molar-refractivity contribution in [2.75, 3.05) is 39.4 Å². The largest absolute Gasteiger partial charge is 0.444 e. The smallest absolute Gasteiger partial charge is 0.407 e. The monoisotopic (exact) mass is 418 g/mol. The highest BCUT2D eigenvalue weighted by atomic mass is 16.6. The molecule has 7 nitrogen and oxygen atoms in total. The van der Waals surface area contributed by atoms with Gasteiger partial charge in [-0.2, -0.15) is 0 Å². The minimum atomic E-state index is -0.480. The summed E-state index contributed by atoms with van der Waals surface area (Å²) in [7, 11) is 0. The molecule has 1 aromatic carbocycles. The van der Waals surface area contributed by atoms with Crippen molar-refractivity contribution in [3.05, 3.63) is 35.9 Å². The number of carbonyl (C=O) groups excluding carboxylic acids is 1. The normalized spacial score (nSPS) is 16.6. The molecule has 0 radical (unpaired) electrons. The maximum Gasteiger partial charge on any atom is 0.407 e. The van der Waals surface area contributed by atoms with Crippen LogP contribution in [0.5, 0.6) is 0 Å². The van der Waals surface area contributed by atoms with E-state index >= 15 is 0 Å². The third-order valence-electron chi connectivity index (χ3n) is 5.03.